The highest BCUT2D eigenvalue weighted by molar-refractivity contribution is 6.01. The van der Waals surface area contributed by atoms with Gasteiger partial charge in [-0.05, 0) is 66.6 Å². The molecule has 3 aliphatic heterocycles. The average molecular weight is 789 g/mol. The zero-order chi connectivity index (χ0) is 40.5. The summed E-state index contributed by atoms with van der Waals surface area (Å²) in [4.78, 5) is 58.1. The lowest BCUT2D eigenvalue weighted by Crippen LogP contribution is -2.52. The van der Waals surface area contributed by atoms with Crippen LogP contribution in [0, 0.1) is 17.2 Å². The van der Waals surface area contributed by atoms with E-state index in [0.29, 0.717) is 12.2 Å². The molecular weight excluding hydrogens is 741 g/mol. The molecule has 3 saturated heterocycles. The summed E-state index contributed by atoms with van der Waals surface area (Å²) >= 11 is 0. The van der Waals surface area contributed by atoms with E-state index in [1.807, 2.05) is 48.5 Å². The highest BCUT2D eigenvalue weighted by atomic mass is 19.4. The van der Waals surface area contributed by atoms with Gasteiger partial charge in [-0.3, -0.25) is 34.3 Å². The SMILES string of the molecule is C[C@H](COc1ccc(N2CCN(CCN3CCN(c4ccc(CC(=O)NC5CCC(=O)NC5=O)cc4)CC3)CC2)cc1)C(=O)Nc1ccc(C#N)c(C(F)(F)F)c1. The van der Waals surface area contributed by atoms with Gasteiger partial charge in [0, 0.05) is 88.9 Å². The number of carbonyl (C=O) groups excluding carboxylic acids is 4. The number of halogens is 3. The molecule has 0 radical (unpaired) electrons. The fraction of sp³-hybridized carbons (Fsp3) is 0.439. The van der Waals surface area contributed by atoms with Crippen LogP contribution in [0.5, 0.6) is 5.75 Å². The molecule has 3 aromatic carbocycles. The summed E-state index contributed by atoms with van der Waals surface area (Å²) in [5.74, 6) is -1.57. The number of nitriles is 1. The Labute approximate surface area is 329 Å². The Morgan fingerprint density at radius 3 is 2.00 bits per heavy atom. The second-order valence-corrected chi connectivity index (χ2v) is 14.6. The van der Waals surface area contributed by atoms with Gasteiger partial charge in [-0.1, -0.05) is 19.1 Å². The third-order valence-electron chi connectivity index (χ3n) is 10.6. The monoisotopic (exact) mass is 788 g/mol. The first-order valence-corrected chi connectivity index (χ1v) is 19.2. The molecule has 6 rings (SSSR count). The molecular formula is C41H47F3N8O5. The predicted molar refractivity (Wildman–Crippen MR) is 208 cm³/mol. The van der Waals surface area contributed by atoms with Gasteiger partial charge < -0.3 is 25.2 Å². The molecule has 57 heavy (non-hydrogen) atoms. The van der Waals surface area contributed by atoms with Crippen LogP contribution in [0.25, 0.3) is 0 Å². The minimum absolute atomic E-state index is 0.0344. The molecule has 2 atom stereocenters. The average Bonchev–Trinajstić information content (AvgIpc) is 3.21. The van der Waals surface area contributed by atoms with Gasteiger partial charge in [0.1, 0.15) is 11.8 Å². The van der Waals surface area contributed by atoms with E-state index in [9.17, 15) is 32.3 Å². The van der Waals surface area contributed by atoms with Crippen molar-refractivity contribution in [1.29, 1.82) is 5.26 Å². The molecule has 3 aromatic rings. The number of hydrogen-bond donors (Lipinski definition) is 3. The number of rotatable bonds is 13. The zero-order valence-corrected chi connectivity index (χ0v) is 31.8. The van der Waals surface area contributed by atoms with Crippen molar-refractivity contribution in [2.24, 2.45) is 5.92 Å². The predicted octanol–water partition coefficient (Wildman–Crippen LogP) is 3.64. The van der Waals surface area contributed by atoms with E-state index in [4.69, 9.17) is 10.00 Å². The van der Waals surface area contributed by atoms with Gasteiger partial charge in [0.05, 0.1) is 36.1 Å². The molecule has 0 bridgehead atoms. The molecule has 3 fully saturated rings. The zero-order valence-electron chi connectivity index (χ0n) is 31.8. The largest absolute Gasteiger partial charge is 0.493 e. The molecule has 0 aromatic heterocycles. The van der Waals surface area contributed by atoms with Crippen LogP contribution in [0.3, 0.4) is 0 Å². The molecule has 13 nitrogen and oxygen atoms in total. The van der Waals surface area contributed by atoms with Crippen molar-refractivity contribution in [2.75, 3.05) is 87.2 Å². The summed E-state index contributed by atoms with van der Waals surface area (Å²) < 4.78 is 45.7. The van der Waals surface area contributed by atoms with Crippen molar-refractivity contribution < 1.29 is 37.1 Å². The Kier molecular flexibility index (Phi) is 13.3. The van der Waals surface area contributed by atoms with Crippen molar-refractivity contribution in [3.63, 3.8) is 0 Å². The Morgan fingerprint density at radius 1 is 0.877 bits per heavy atom. The van der Waals surface area contributed by atoms with Crippen LogP contribution in [0.1, 0.15) is 36.5 Å². The van der Waals surface area contributed by atoms with E-state index in [2.05, 4.69) is 35.6 Å². The van der Waals surface area contributed by atoms with Gasteiger partial charge in [0.25, 0.3) is 0 Å². The first kappa shape index (κ1) is 41.0. The van der Waals surface area contributed by atoms with Crippen molar-refractivity contribution in [3.8, 4) is 11.8 Å². The number of piperazine rings is 2. The van der Waals surface area contributed by atoms with Gasteiger partial charge in [-0.2, -0.15) is 18.4 Å². The van der Waals surface area contributed by atoms with E-state index >= 15 is 0 Å². The van der Waals surface area contributed by atoms with Crippen LogP contribution in [0.4, 0.5) is 30.2 Å². The van der Waals surface area contributed by atoms with Gasteiger partial charge in [0.2, 0.25) is 23.6 Å². The third-order valence-corrected chi connectivity index (χ3v) is 10.6. The first-order chi connectivity index (χ1) is 27.3. The van der Waals surface area contributed by atoms with Gasteiger partial charge in [-0.25, -0.2) is 0 Å². The number of carbonyl (C=O) groups is 4. The summed E-state index contributed by atoms with van der Waals surface area (Å²) in [6.45, 7) is 11.1. The molecule has 3 N–H and O–H groups in total. The first-order valence-electron chi connectivity index (χ1n) is 19.2. The summed E-state index contributed by atoms with van der Waals surface area (Å²) in [5.41, 5.74) is 1.40. The fourth-order valence-corrected chi connectivity index (χ4v) is 7.10. The topological polar surface area (TPSA) is 150 Å². The minimum Gasteiger partial charge on any atom is -0.493 e. The van der Waals surface area contributed by atoms with E-state index in [-0.39, 0.29) is 37.0 Å². The van der Waals surface area contributed by atoms with Crippen LogP contribution in [0.2, 0.25) is 0 Å². The molecule has 0 spiro atoms. The maximum atomic E-state index is 13.3. The minimum atomic E-state index is -4.72. The lowest BCUT2D eigenvalue weighted by Gasteiger charge is -2.39. The number of ether oxygens (including phenoxy) is 1. The molecule has 3 heterocycles. The molecule has 4 amide bonds. The third kappa shape index (κ3) is 11.2. The molecule has 1 unspecified atom stereocenters. The highest BCUT2D eigenvalue weighted by Gasteiger charge is 2.34. The second kappa shape index (κ2) is 18.5. The van der Waals surface area contributed by atoms with E-state index in [0.717, 1.165) is 94.5 Å². The van der Waals surface area contributed by atoms with Crippen molar-refractivity contribution in [2.45, 2.75) is 38.4 Å². The summed E-state index contributed by atoms with van der Waals surface area (Å²) in [5, 5.41) is 16.5. The van der Waals surface area contributed by atoms with Crippen LogP contribution >= 0.6 is 0 Å². The number of benzene rings is 3. The normalized spacial score (nSPS) is 18.7. The molecule has 16 heteroatoms. The number of piperidine rings is 1. The molecule has 302 valence electrons. The van der Waals surface area contributed by atoms with Gasteiger partial charge in [0.15, 0.2) is 0 Å². The number of nitrogens with zero attached hydrogens (tertiary/aromatic N) is 5. The number of imide groups is 1. The number of anilines is 3. The van der Waals surface area contributed by atoms with Gasteiger partial charge >= 0.3 is 6.18 Å². The van der Waals surface area contributed by atoms with E-state index in [1.54, 1.807) is 6.92 Å². The molecule has 0 aliphatic carbocycles. The fourth-order valence-electron chi connectivity index (χ4n) is 7.10. The maximum absolute atomic E-state index is 13.3. The van der Waals surface area contributed by atoms with Crippen LogP contribution < -0.4 is 30.5 Å². The molecule has 0 saturated carbocycles. The standard InChI is InChI=1S/C41H47F3N8O5/c1-28(39(55)46-31-5-4-30(26-45)35(25-31)41(42,43)44)27-57-34-10-8-33(9-11-34)52-22-18-50(19-23-52)15-14-49-16-20-51(21-17-49)32-6-2-29(3-7-32)24-38(54)47-36-12-13-37(53)48-40(36)56/h2-11,25,28,36H,12-24,27H2,1H3,(H,46,55)(H,47,54)(H,48,53,56)/t28-,36?/m1/s1. The Morgan fingerprint density at radius 2 is 1.46 bits per heavy atom. The second-order valence-electron chi connectivity index (χ2n) is 14.6. The van der Waals surface area contributed by atoms with Gasteiger partial charge in [-0.15, -0.1) is 0 Å². The Bertz CT molecular complexity index is 1940. The molecule has 3 aliphatic rings. The van der Waals surface area contributed by atoms with Crippen LogP contribution in [-0.2, 0) is 31.8 Å². The van der Waals surface area contributed by atoms with Crippen LogP contribution in [-0.4, -0.2) is 112 Å². The summed E-state index contributed by atoms with van der Waals surface area (Å²) in [7, 11) is 0. The number of alkyl halides is 3. The Balaban J connectivity index is 0.856. The lowest BCUT2D eigenvalue weighted by molar-refractivity contribution is -0.138. The van der Waals surface area contributed by atoms with Crippen molar-refractivity contribution >= 4 is 40.7 Å². The van der Waals surface area contributed by atoms with Crippen molar-refractivity contribution in [3.05, 3.63) is 83.4 Å². The highest BCUT2D eigenvalue weighted by Crippen LogP contribution is 2.33. The van der Waals surface area contributed by atoms with E-state index in [1.165, 1.54) is 12.1 Å². The Hall–Kier alpha value is -5.66. The number of hydrogen-bond acceptors (Lipinski definition) is 10. The summed E-state index contributed by atoms with van der Waals surface area (Å²) in [6, 6.07) is 19.6. The smallest absolute Gasteiger partial charge is 0.417 e. The number of amides is 4. The maximum Gasteiger partial charge on any atom is 0.417 e. The summed E-state index contributed by atoms with van der Waals surface area (Å²) in [6.07, 6.45) is -4.01. The van der Waals surface area contributed by atoms with Crippen LogP contribution in [0.15, 0.2) is 66.7 Å². The van der Waals surface area contributed by atoms with E-state index < -0.39 is 41.1 Å². The lowest BCUT2D eigenvalue weighted by atomic mass is 10.1. The quantitative estimate of drug-likeness (QED) is 0.219. The number of nitrogens with one attached hydrogen (secondary N) is 3. The van der Waals surface area contributed by atoms with Crippen molar-refractivity contribution in [1.82, 2.24) is 20.4 Å².